The van der Waals surface area contributed by atoms with Gasteiger partial charge in [-0.3, -0.25) is 0 Å². The van der Waals surface area contributed by atoms with Gasteiger partial charge in [0.05, 0.1) is 0 Å². The fraction of sp³-hybridized carbons (Fsp3) is 0.273. The molecule has 0 saturated heterocycles. The zero-order valence-electron chi connectivity index (χ0n) is 7.44. The van der Waals surface area contributed by atoms with Crippen molar-refractivity contribution >= 4 is 12.7 Å². The monoisotopic (exact) mass is 146 g/mol. The van der Waals surface area contributed by atoms with E-state index in [1.165, 1.54) is 16.3 Å². The first-order valence-electron chi connectivity index (χ1n) is 3.88. The minimum Gasteiger partial charge on any atom is -0.0912 e. The van der Waals surface area contributed by atoms with E-state index in [1.54, 1.807) is 0 Å². The molecule has 0 heterocycles. The van der Waals surface area contributed by atoms with E-state index in [4.69, 9.17) is 0 Å². The molecule has 1 rings (SSSR count). The Bertz CT molecular complexity index is 358. The van der Waals surface area contributed by atoms with Crippen LogP contribution in [0.15, 0.2) is 12.1 Å². The van der Waals surface area contributed by atoms with Crippen LogP contribution in [0.4, 0.5) is 0 Å². The summed E-state index contributed by atoms with van der Waals surface area (Å²) in [7, 11) is 0. The van der Waals surface area contributed by atoms with Gasteiger partial charge in [0.25, 0.3) is 0 Å². The highest BCUT2D eigenvalue weighted by atomic mass is 14.0. The summed E-state index contributed by atoms with van der Waals surface area (Å²) in [6.45, 7) is 10.3. The molecule has 0 fully saturated rings. The molecule has 1 aromatic carbocycles. The van der Waals surface area contributed by atoms with Crippen LogP contribution in [0.5, 0.6) is 0 Å². The molecule has 0 N–H and O–H groups in total. The van der Waals surface area contributed by atoms with Gasteiger partial charge in [0.2, 0.25) is 0 Å². The SMILES string of the molecule is C=c1ccc(C)c(C)/c1=C/C. The van der Waals surface area contributed by atoms with E-state index < -0.39 is 0 Å². The van der Waals surface area contributed by atoms with E-state index in [2.05, 4.69) is 45.6 Å². The molecule has 0 saturated carbocycles. The number of aryl methyl sites for hydroxylation is 1. The molecule has 1 aromatic rings. The molecule has 0 spiro atoms. The first-order chi connectivity index (χ1) is 5.16. The molecule has 0 amide bonds. The lowest BCUT2D eigenvalue weighted by molar-refractivity contribution is 1.28. The summed E-state index contributed by atoms with van der Waals surface area (Å²) in [5.74, 6) is 0. The van der Waals surface area contributed by atoms with Gasteiger partial charge in [0.15, 0.2) is 0 Å². The summed E-state index contributed by atoms with van der Waals surface area (Å²) < 4.78 is 0. The lowest BCUT2D eigenvalue weighted by atomic mass is 10.1. The molecule has 0 bridgehead atoms. The van der Waals surface area contributed by atoms with E-state index in [0.717, 1.165) is 5.22 Å². The number of rotatable bonds is 0. The van der Waals surface area contributed by atoms with Gasteiger partial charge in [-0.05, 0) is 42.3 Å². The number of hydrogen-bond acceptors (Lipinski definition) is 0. The molecule has 11 heavy (non-hydrogen) atoms. The summed E-state index contributed by atoms with van der Waals surface area (Å²) in [5, 5.41) is 2.40. The Morgan fingerprint density at radius 2 is 1.91 bits per heavy atom. The minimum absolute atomic E-state index is 1.12. The third-order valence-electron chi connectivity index (χ3n) is 2.16. The molecule has 0 nitrogen and oxygen atoms in total. The highest BCUT2D eigenvalue weighted by Crippen LogP contribution is 1.95. The van der Waals surface area contributed by atoms with Gasteiger partial charge >= 0.3 is 0 Å². The van der Waals surface area contributed by atoms with Gasteiger partial charge in [0.1, 0.15) is 0 Å². The zero-order chi connectivity index (χ0) is 8.43. The molecule has 0 atom stereocenters. The van der Waals surface area contributed by atoms with Crippen molar-refractivity contribution in [2.45, 2.75) is 20.8 Å². The molecular formula is C11H14. The average Bonchev–Trinajstić information content (AvgIpc) is 1.99. The second-order valence-electron chi connectivity index (χ2n) is 2.87. The quantitative estimate of drug-likeness (QED) is 0.520. The second-order valence-corrected chi connectivity index (χ2v) is 2.87. The van der Waals surface area contributed by atoms with Gasteiger partial charge in [0, 0.05) is 0 Å². The van der Waals surface area contributed by atoms with Crippen molar-refractivity contribution in [2.24, 2.45) is 0 Å². The Kier molecular flexibility index (Phi) is 2.13. The first kappa shape index (κ1) is 8.06. The van der Waals surface area contributed by atoms with Crippen molar-refractivity contribution in [3.05, 3.63) is 33.7 Å². The van der Waals surface area contributed by atoms with Gasteiger partial charge in [-0.1, -0.05) is 24.8 Å². The van der Waals surface area contributed by atoms with Gasteiger partial charge in [-0.2, -0.15) is 0 Å². The summed E-state index contributed by atoms with van der Waals surface area (Å²) in [5.41, 5.74) is 2.69. The lowest BCUT2D eigenvalue weighted by Crippen LogP contribution is -2.26. The standard InChI is InChI=1S/C11H14/c1-5-11-9(3)7-6-8(2)10(11)4/h5-7H,3H2,1-2,4H3/b11-5+. The van der Waals surface area contributed by atoms with Crippen LogP contribution in [0, 0.1) is 13.8 Å². The van der Waals surface area contributed by atoms with Crippen LogP contribution < -0.4 is 10.4 Å². The van der Waals surface area contributed by atoms with Crippen molar-refractivity contribution in [1.29, 1.82) is 0 Å². The van der Waals surface area contributed by atoms with E-state index >= 15 is 0 Å². The summed E-state index contributed by atoms with van der Waals surface area (Å²) in [4.78, 5) is 0. The summed E-state index contributed by atoms with van der Waals surface area (Å²) in [6.07, 6.45) is 2.12. The largest absolute Gasteiger partial charge is 0.0912 e. The van der Waals surface area contributed by atoms with Gasteiger partial charge in [-0.25, -0.2) is 0 Å². The maximum absolute atomic E-state index is 3.96. The van der Waals surface area contributed by atoms with E-state index in [9.17, 15) is 0 Å². The van der Waals surface area contributed by atoms with E-state index in [0.29, 0.717) is 0 Å². The van der Waals surface area contributed by atoms with Crippen LogP contribution in [0.1, 0.15) is 18.1 Å². The third kappa shape index (κ3) is 1.35. The lowest BCUT2D eigenvalue weighted by Gasteiger charge is -1.99. The molecule has 0 aromatic heterocycles. The average molecular weight is 146 g/mol. The Balaban J connectivity index is 3.69. The number of benzene rings is 1. The second kappa shape index (κ2) is 2.91. The first-order valence-corrected chi connectivity index (χ1v) is 3.88. The molecule has 58 valence electrons. The molecule has 0 heteroatoms. The maximum Gasteiger partial charge on any atom is -0.0201 e. The van der Waals surface area contributed by atoms with E-state index in [-0.39, 0.29) is 0 Å². The van der Waals surface area contributed by atoms with Crippen molar-refractivity contribution in [2.75, 3.05) is 0 Å². The topological polar surface area (TPSA) is 0 Å². The Morgan fingerprint density at radius 3 is 2.36 bits per heavy atom. The third-order valence-corrected chi connectivity index (χ3v) is 2.16. The highest BCUT2D eigenvalue weighted by Gasteiger charge is 1.91. The van der Waals surface area contributed by atoms with Crippen molar-refractivity contribution < 1.29 is 0 Å². The van der Waals surface area contributed by atoms with Crippen molar-refractivity contribution in [1.82, 2.24) is 0 Å². The Labute approximate surface area is 67.9 Å². The number of hydrogen-bond donors (Lipinski definition) is 0. The predicted molar refractivity (Wildman–Crippen MR) is 50.8 cm³/mol. The fourth-order valence-electron chi connectivity index (χ4n) is 1.30. The highest BCUT2D eigenvalue weighted by molar-refractivity contribution is 5.34. The van der Waals surface area contributed by atoms with Crippen molar-refractivity contribution in [3.63, 3.8) is 0 Å². The Morgan fingerprint density at radius 1 is 1.27 bits per heavy atom. The van der Waals surface area contributed by atoms with Crippen molar-refractivity contribution in [3.8, 4) is 0 Å². The fourth-order valence-corrected chi connectivity index (χ4v) is 1.30. The molecule has 0 unspecified atom stereocenters. The molecule has 0 aliphatic rings. The smallest absolute Gasteiger partial charge is 0.0201 e. The van der Waals surface area contributed by atoms with Gasteiger partial charge in [-0.15, -0.1) is 0 Å². The van der Waals surface area contributed by atoms with Crippen LogP contribution in [0.25, 0.3) is 12.7 Å². The molecular weight excluding hydrogens is 132 g/mol. The molecule has 0 radical (unpaired) electrons. The predicted octanol–water partition coefficient (Wildman–Crippen LogP) is 1.51. The summed E-state index contributed by atoms with van der Waals surface area (Å²) >= 11 is 0. The normalized spacial score (nSPS) is 12.1. The molecule has 0 aliphatic heterocycles. The van der Waals surface area contributed by atoms with Crippen LogP contribution in [-0.2, 0) is 0 Å². The maximum atomic E-state index is 3.96. The van der Waals surface area contributed by atoms with Crippen LogP contribution in [0.3, 0.4) is 0 Å². The van der Waals surface area contributed by atoms with E-state index in [1.807, 2.05) is 0 Å². The van der Waals surface area contributed by atoms with Crippen LogP contribution in [0.2, 0.25) is 0 Å². The molecule has 0 aliphatic carbocycles. The minimum atomic E-state index is 1.12. The summed E-state index contributed by atoms with van der Waals surface area (Å²) in [6, 6.07) is 4.18. The Hall–Kier alpha value is -1.04. The van der Waals surface area contributed by atoms with Crippen LogP contribution in [-0.4, -0.2) is 0 Å². The van der Waals surface area contributed by atoms with Crippen LogP contribution >= 0.6 is 0 Å². The van der Waals surface area contributed by atoms with Gasteiger partial charge < -0.3 is 0 Å². The zero-order valence-corrected chi connectivity index (χ0v) is 7.44.